The van der Waals surface area contributed by atoms with E-state index in [0.717, 1.165) is 4.31 Å². The van der Waals surface area contributed by atoms with Gasteiger partial charge in [-0.05, 0) is 12.8 Å². The molecule has 0 amide bonds. The molecule has 9 heteroatoms. The van der Waals surface area contributed by atoms with Crippen molar-refractivity contribution in [1.29, 1.82) is 0 Å². The maximum absolute atomic E-state index is 13.5. The molecular formula is C11H14ClF3N2O2S. The molecule has 0 bridgehead atoms. The van der Waals surface area contributed by atoms with Crippen LogP contribution in [0.5, 0.6) is 0 Å². The molecular weight excluding hydrogens is 317 g/mol. The molecule has 2 rings (SSSR count). The summed E-state index contributed by atoms with van der Waals surface area (Å²) >= 11 is 0. The maximum atomic E-state index is 13.5. The standard InChI is InChI=1S/C11H13F3N2O2S.ClH/c12-7-5-9(13)11(10(14)6-7)19(17,18)16-3-1-8(15)2-4-16;/h5-6,8H,1-4,15H2;1H. The molecule has 20 heavy (non-hydrogen) atoms. The molecule has 1 fully saturated rings. The lowest BCUT2D eigenvalue weighted by molar-refractivity contribution is 0.317. The Hall–Kier alpha value is -0.830. The first-order chi connectivity index (χ1) is 8.82. The van der Waals surface area contributed by atoms with E-state index in [1.165, 1.54) is 0 Å². The summed E-state index contributed by atoms with van der Waals surface area (Å²) in [5, 5.41) is 0. The van der Waals surface area contributed by atoms with E-state index in [9.17, 15) is 21.6 Å². The SMILES string of the molecule is Cl.NC1CCN(S(=O)(=O)c2c(F)cc(F)cc2F)CC1. The smallest absolute Gasteiger partial charge is 0.248 e. The van der Waals surface area contributed by atoms with Crippen LogP contribution in [0.25, 0.3) is 0 Å². The first-order valence-electron chi connectivity index (χ1n) is 5.72. The molecule has 0 atom stereocenters. The number of halogens is 4. The van der Waals surface area contributed by atoms with Gasteiger partial charge in [0.15, 0.2) is 4.90 Å². The van der Waals surface area contributed by atoms with Crippen molar-refractivity contribution < 1.29 is 21.6 Å². The third-order valence-corrected chi connectivity index (χ3v) is 5.01. The van der Waals surface area contributed by atoms with Gasteiger partial charge in [-0.2, -0.15) is 4.31 Å². The van der Waals surface area contributed by atoms with Crippen LogP contribution < -0.4 is 5.73 Å². The summed E-state index contributed by atoms with van der Waals surface area (Å²) < 4.78 is 65.1. The number of rotatable bonds is 2. The number of piperidine rings is 1. The van der Waals surface area contributed by atoms with E-state index in [1.54, 1.807) is 0 Å². The Balaban J connectivity index is 0.00000200. The van der Waals surface area contributed by atoms with Crippen molar-refractivity contribution in [3.05, 3.63) is 29.6 Å². The van der Waals surface area contributed by atoms with Crippen LogP contribution in [0.3, 0.4) is 0 Å². The van der Waals surface area contributed by atoms with E-state index < -0.39 is 32.4 Å². The van der Waals surface area contributed by atoms with Crippen LogP contribution >= 0.6 is 12.4 Å². The van der Waals surface area contributed by atoms with Gasteiger partial charge >= 0.3 is 0 Å². The zero-order valence-corrected chi connectivity index (χ0v) is 12.0. The Morgan fingerprint density at radius 3 is 2.00 bits per heavy atom. The van der Waals surface area contributed by atoms with Crippen LogP contribution in [0, 0.1) is 17.5 Å². The fourth-order valence-electron chi connectivity index (χ4n) is 2.02. The minimum atomic E-state index is -4.30. The number of sulfonamides is 1. The van der Waals surface area contributed by atoms with Crippen molar-refractivity contribution in [2.24, 2.45) is 5.73 Å². The van der Waals surface area contributed by atoms with Crippen LogP contribution in [-0.2, 0) is 10.0 Å². The molecule has 0 radical (unpaired) electrons. The highest BCUT2D eigenvalue weighted by molar-refractivity contribution is 7.89. The van der Waals surface area contributed by atoms with Crippen molar-refractivity contribution >= 4 is 22.4 Å². The second-order valence-electron chi connectivity index (χ2n) is 4.44. The molecule has 1 aromatic carbocycles. The van der Waals surface area contributed by atoms with E-state index in [1.807, 2.05) is 0 Å². The molecule has 0 spiro atoms. The van der Waals surface area contributed by atoms with Crippen LogP contribution in [-0.4, -0.2) is 31.9 Å². The first kappa shape index (κ1) is 17.2. The predicted molar refractivity (Wildman–Crippen MR) is 69.5 cm³/mol. The minimum absolute atomic E-state index is 0. The first-order valence-corrected chi connectivity index (χ1v) is 7.16. The van der Waals surface area contributed by atoms with Gasteiger partial charge in [-0.15, -0.1) is 12.4 Å². The van der Waals surface area contributed by atoms with Crippen LogP contribution in [0.4, 0.5) is 13.2 Å². The number of hydrogen-bond acceptors (Lipinski definition) is 3. The average Bonchev–Trinajstić information content (AvgIpc) is 2.27. The van der Waals surface area contributed by atoms with Crippen LogP contribution in [0.15, 0.2) is 17.0 Å². The fourth-order valence-corrected chi connectivity index (χ4v) is 3.58. The summed E-state index contributed by atoms with van der Waals surface area (Å²) in [5.74, 6) is -4.01. The van der Waals surface area contributed by atoms with Crippen molar-refractivity contribution in [2.45, 2.75) is 23.8 Å². The van der Waals surface area contributed by atoms with Crippen molar-refractivity contribution in [3.8, 4) is 0 Å². The largest absolute Gasteiger partial charge is 0.328 e. The molecule has 114 valence electrons. The Labute approximate surface area is 121 Å². The summed E-state index contributed by atoms with van der Waals surface area (Å²) in [6, 6.07) is 0.589. The molecule has 1 aliphatic heterocycles. The third kappa shape index (κ3) is 3.25. The molecule has 0 unspecified atom stereocenters. The van der Waals surface area contributed by atoms with Gasteiger partial charge in [0.2, 0.25) is 10.0 Å². The molecule has 2 N–H and O–H groups in total. The van der Waals surface area contributed by atoms with Gasteiger partial charge in [-0.3, -0.25) is 0 Å². The van der Waals surface area contributed by atoms with E-state index in [2.05, 4.69) is 0 Å². The molecule has 0 saturated carbocycles. The summed E-state index contributed by atoms with van der Waals surface area (Å²) in [5.41, 5.74) is 5.64. The third-order valence-electron chi connectivity index (χ3n) is 3.06. The normalized spacial score (nSPS) is 17.8. The molecule has 1 aromatic rings. The van der Waals surface area contributed by atoms with Gasteiger partial charge in [-0.1, -0.05) is 0 Å². The Morgan fingerprint density at radius 1 is 1.10 bits per heavy atom. The zero-order chi connectivity index (χ0) is 14.2. The summed E-state index contributed by atoms with van der Waals surface area (Å²) in [6.45, 7) is 0.194. The number of nitrogens with two attached hydrogens (primary N) is 1. The lowest BCUT2D eigenvalue weighted by Gasteiger charge is -2.29. The topological polar surface area (TPSA) is 63.4 Å². The number of nitrogens with zero attached hydrogens (tertiary/aromatic N) is 1. The molecule has 1 saturated heterocycles. The summed E-state index contributed by atoms with van der Waals surface area (Å²) in [4.78, 5) is -1.11. The zero-order valence-electron chi connectivity index (χ0n) is 10.4. The van der Waals surface area contributed by atoms with Gasteiger partial charge in [0, 0.05) is 31.3 Å². The molecule has 1 heterocycles. The molecule has 0 aliphatic carbocycles. The van der Waals surface area contributed by atoms with Crippen LogP contribution in [0.2, 0.25) is 0 Å². The van der Waals surface area contributed by atoms with E-state index >= 15 is 0 Å². The van der Waals surface area contributed by atoms with Crippen molar-refractivity contribution in [3.63, 3.8) is 0 Å². The lowest BCUT2D eigenvalue weighted by Crippen LogP contribution is -2.43. The van der Waals surface area contributed by atoms with E-state index in [-0.39, 0.29) is 31.5 Å². The Kier molecular flexibility index (Phi) is 5.42. The molecule has 1 aliphatic rings. The number of benzene rings is 1. The van der Waals surface area contributed by atoms with Crippen molar-refractivity contribution in [1.82, 2.24) is 4.31 Å². The highest BCUT2D eigenvalue weighted by atomic mass is 35.5. The second kappa shape index (κ2) is 6.30. The van der Waals surface area contributed by atoms with Gasteiger partial charge in [0.05, 0.1) is 0 Å². The fraction of sp³-hybridized carbons (Fsp3) is 0.455. The van der Waals surface area contributed by atoms with Crippen molar-refractivity contribution in [2.75, 3.05) is 13.1 Å². The minimum Gasteiger partial charge on any atom is -0.328 e. The Morgan fingerprint density at radius 2 is 1.55 bits per heavy atom. The average molecular weight is 331 g/mol. The predicted octanol–water partition coefficient (Wildman–Crippen LogP) is 1.64. The van der Waals surface area contributed by atoms with Gasteiger partial charge in [0.1, 0.15) is 17.5 Å². The molecule has 0 aromatic heterocycles. The molecule has 4 nitrogen and oxygen atoms in total. The highest BCUT2D eigenvalue weighted by Crippen LogP contribution is 2.25. The summed E-state index contributed by atoms with van der Waals surface area (Å²) in [7, 11) is -4.30. The quantitative estimate of drug-likeness (QED) is 0.896. The number of hydrogen-bond donors (Lipinski definition) is 1. The van der Waals surface area contributed by atoms with Gasteiger partial charge in [0.25, 0.3) is 0 Å². The van der Waals surface area contributed by atoms with E-state index in [4.69, 9.17) is 5.73 Å². The maximum Gasteiger partial charge on any atom is 0.248 e. The monoisotopic (exact) mass is 330 g/mol. The van der Waals surface area contributed by atoms with Gasteiger partial charge in [-0.25, -0.2) is 21.6 Å². The van der Waals surface area contributed by atoms with E-state index in [0.29, 0.717) is 25.0 Å². The highest BCUT2D eigenvalue weighted by Gasteiger charge is 2.33. The van der Waals surface area contributed by atoms with Gasteiger partial charge < -0.3 is 5.73 Å². The lowest BCUT2D eigenvalue weighted by atomic mass is 10.1. The van der Waals surface area contributed by atoms with Crippen LogP contribution in [0.1, 0.15) is 12.8 Å². The summed E-state index contributed by atoms with van der Waals surface area (Å²) in [6.07, 6.45) is 0.841. The Bertz CT molecular complexity index is 566. The second-order valence-corrected chi connectivity index (χ2v) is 6.31.